The summed E-state index contributed by atoms with van der Waals surface area (Å²) in [5.41, 5.74) is 2.96. The van der Waals surface area contributed by atoms with E-state index in [4.69, 9.17) is 11.6 Å². The second-order valence-corrected chi connectivity index (χ2v) is 6.39. The molecule has 1 aromatic heterocycles. The predicted molar refractivity (Wildman–Crippen MR) is 106 cm³/mol. The van der Waals surface area contributed by atoms with Gasteiger partial charge in [0.2, 0.25) is 0 Å². The maximum Gasteiger partial charge on any atom is 0.276 e. The number of hydrogen-bond donors (Lipinski definition) is 2. The van der Waals surface area contributed by atoms with Crippen LogP contribution in [0, 0.1) is 6.92 Å². The molecule has 7 heteroatoms. The molecule has 0 atom stereocenters. The van der Waals surface area contributed by atoms with E-state index in [1.807, 2.05) is 19.1 Å². The van der Waals surface area contributed by atoms with Crippen molar-refractivity contribution in [1.82, 2.24) is 10.2 Å². The number of rotatable bonds is 5. The quantitative estimate of drug-likeness (QED) is 0.630. The van der Waals surface area contributed by atoms with Crippen LogP contribution in [0.5, 0.6) is 0 Å². The van der Waals surface area contributed by atoms with Crippen molar-refractivity contribution in [2.24, 2.45) is 0 Å². The molecule has 2 aromatic carbocycles. The SMILES string of the molecule is CC(=O)c1cccc(NC(=O)c2ccc(Nc3ccc(C)c(Cl)c3)nn2)c1. The van der Waals surface area contributed by atoms with Crippen molar-refractivity contribution < 1.29 is 9.59 Å². The Bertz CT molecular complexity index is 1000. The second-order valence-electron chi connectivity index (χ2n) is 5.98. The van der Waals surface area contributed by atoms with Gasteiger partial charge in [0.05, 0.1) is 0 Å². The number of anilines is 3. The molecule has 0 aliphatic carbocycles. The first-order valence-electron chi connectivity index (χ1n) is 8.21. The molecule has 0 radical (unpaired) electrons. The van der Waals surface area contributed by atoms with Crippen LogP contribution in [0.25, 0.3) is 0 Å². The Kier molecular flexibility index (Phi) is 5.47. The van der Waals surface area contributed by atoms with Crippen LogP contribution in [0.1, 0.15) is 33.3 Å². The number of nitrogens with one attached hydrogen (secondary N) is 2. The summed E-state index contributed by atoms with van der Waals surface area (Å²) in [5, 5.41) is 14.4. The number of benzene rings is 2. The van der Waals surface area contributed by atoms with E-state index in [0.29, 0.717) is 22.1 Å². The molecule has 3 aromatic rings. The van der Waals surface area contributed by atoms with E-state index >= 15 is 0 Å². The Balaban J connectivity index is 1.69. The van der Waals surface area contributed by atoms with Crippen LogP contribution in [-0.2, 0) is 0 Å². The molecule has 1 amide bonds. The topological polar surface area (TPSA) is 84.0 Å². The highest BCUT2D eigenvalue weighted by atomic mass is 35.5. The lowest BCUT2D eigenvalue weighted by atomic mass is 10.1. The molecule has 0 unspecified atom stereocenters. The number of aromatic nitrogens is 2. The number of aryl methyl sites for hydroxylation is 1. The van der Waals surface area contributed by atoms with Gasteiger partial charge in [-0.15, -0.1) is 10.2 Å². The van der Waals surface area contributed by atoms with E-state index in [-0.39, 0.29) is 11.5 Å². The maximum atomic E-state index is 12.3. The van der Waals surface area contributed by atoms with Gasteiger partial charge in [0, 0.05) is 22.0 Å². The Morgan fingerprint density at radius 2 is 1.78 bits per heavy atom. The number of carbonyl (C=O) groups excluding carboxylic acids is 2. The number of halogens is 1. The Hall–Kier alpha value is -3.25. The van der Waals surface area contributed by atoms with E-state index < -0.39 is 5.91 Å². The van der Waals surface area contributed by atoms with Crippen molar-refractivity contribution in [3.05, 3.63) is 76.4 Å². The average Bonchev–Trinajstić information content (AvgIpc) is 2.65. The molecular formula is C20H17ClN4O2. The van der Waals surface area contributed by atoms with Gasteiger partial charge in [-0.3, -0.25) is 9.59 Å². The van der Waals surface area contributed by atoms with E-state index in [2.05, 4.69) is 20.8 Å². The average molecular weight is 381 g/mol. The molecule has 0 aliphatic heterocycles. The van der Waals surface area contributed by atoms with Gasteiger partial charge in [0.25, 0.3) is 5.91 Å². The fourth-order valence-corrected chi connectivity index (χ4v) is 2.53. The van der Waals surface area contributed by atoms with E-state index in [0.717, 1.165) is 11.3 Å². The van der Waals surface area contributed by atoms with Crippen molar-refractivity contribution in [2.45, 2.75) is 13.8 Å². The molecule has 6 nitrogen and oxygen atoms in total. The van der Waals surface area contributed by atoms with Gasteiger partial charge in [0.1, 0.15) is 0 Å². The molecule has 27 heavy (non-hydrogen) atoms. The zero-order valence-corrected chi connectivity index (χ0v) is 15.5. The molecule has 1 heterocycles. The molecule has 136 valence electrons. The van der Waals surface area contributed by atoms with Crippen molar-refractivity contribution in [3.63, 3.8) is 0 Å². The lowest BCUT2D eigenvalue weighted by Gasteiger charge is -2.08. The van der Waals surface area contributed by atoms with E-state index in [1.165, 1.54) is 6.92 Å². The van der Waals surface area contributed by atoms with Crippen LogP contribution in [0.4, 0.5) is 17.2 Å². The minimum atomic E-state index is -0.409. The number of nitrogens with zero attached hydrogens (tertiary/aromatic N) is 2. The minimum absolute atomic E-state index is 0.0717. The molecule has 0 saturated carbocycles. The van der Waals surface area contributed by atoms with Gasteiger partial charge < -0.3 is 10.6 Å². The smallest absolute Gasteiger partial charge is 0.276 e. The summed E-state index contributed by atoms with van der Waals surface area (Å²) >= 11 is 6.10. The molecule has 0 saturated heterocycles. The molecule has 0 bridgehead atoms. The van der Waals surface area contributed by atoms with Crippen LogP contribution < -0.4 is 10.6 Å². The Morgan fingerprint density at radius 3 is 2.44 bits per heavy atom. The van der Waals surface area contributed by atoms with E-state index in [9.17, 15) is 9.59 Å². The van der Waals surface area contributed by atoms with Crippen molar-refractivity contribution in [3.8, 4) is 0 Å². The van der Waals surface area contributed by atoms with E-state index in [1.54, 1.807) is 42.5 Å². The molecular weight excluding hydrogens is 364 g/mol. The summed E-state index contributed by atoms with van der Waals surface area (Å²) in [5.74, 6) is 0.00991. The van der Waals surface area contributed by atoms with Gasteiger partial charge >= 0.3 is 0 Å². The highest BCUT2D eigenvalue weighted by molar-refractivity contribution is 6.31. The summed E-state index contributed by atoms with van der Waals surface area (Å²) in [7, 11) is 0. The van der Waals surface area contributed by atoms with Gasteiger partial charge in [-0.05, 0) is 55.8 Å². The lowest BCUT2D eigenvalue weighted by molar-refractivity contribution is 0.100. The molecule has 0 spiro atoms. The van der Waals surface area contributed by atoms with Crippen LogP contribution >= 0.6 is 11.6 Å². The van der Waals surface area contributed by atoms with Crippen molar-refractivity contribution >= 4 is 40.5 Å². The first kappa shape index (κ1) is 18.5. The number of hydrogen-bond acceptors (Lipinski definition) is 5. The first-order chi connectivity index (χ1) is 12.9. The summed E-state index contributed by atoms with van der Waals surface area (Å²) in [6.07, 6.45) is 0. The van der Waals surface area contributed by atoms with Crippen LogP contribution in [0.3, 0.4) is 0 Å². The van der Waals surface area contributed by atoms with Gasteiger partial charge in [0.15, 0.2) is 17.3 Å². The number of carbonyl (C=O) groups is 2. The highest BCUT2D eigenvalue weighted by Crippen LogP contribution is 2.22. The van der Waals surface area contributed by atoms with Gasteiger partial charge in [-0.2, -0.15) is 0 Å². The lowest BCUT2D eigenvalue weighted by Crippen LogP contribution is -2.15. The third kappa shape index (κ3) is 4.68. The maximum absolute atomic E-state index is 12.3. The first-order valence-corrected chi connectivity index (χ1v) is 8.59. The van der Waals surface area contributed by atoms with Gasteiger partial charge in [-0.25, -0.2) is 0 Å². The second kappa shape index (κ2) is 7.97. The summed E-state index contributed by atoms with van der Waals surface area (Å²) < 4.78 is 0. The molecule has 0 fully saturated rings. The third-order valence-electron chi connectivity index (χ3n) is 3.87. The van der Waals surface area contributed by atoms with Crippen LogP contribution in [0.2, 0.25) is 5.02 Å². The number of Topliss-reactive ketones (excluding diaryl/α,β-unsaturated/α-hetero) is 1. The minimum Gasteiger partial charge on any atom is -0.339 e. The fraction of sp³-hybridized carbons (Fsp3) is 0.100. The molecule has 0 aliphatic rings. The summed E-state index contributed by atoms with van der Waals surface area (Å²) in [4.78, 5) is 23.7. The Labute approximate surface area is 161 Å². The Morgan fingerprint density at radius 1 is 0.963 bits per heavy atom. The highest BCUT2D eigenvalue weighted by Gasteiger charge is 2.10. The zero-order valence-electron chi connectivity index (χ0n) is 14.8. The summed E-state index contributed by atoms with van der Waals surface area (Å²) in [6, 6.07) is 15.5. The molecule has 3 rings (SSSR count). The van der Waals surface area contributed by atoms with Crippen LogP contribution in [-0.4, -0.2) is 21.9 Å². The monoisotopic (exact) mass is 380 g/mol. The fourth-order valence-electron chi connectivity index (χ4n) is 2.35. The molecule has 2 N–H and O–H groups in total. The number of amides is 1. The van der Waals surface area contributed by atoms with Crippen molar-refractivity contribution in [2.75, 3.05) is 10.6 Å². The van der Waals surface area contributed by atoms with Gasteiger partial charge in [-0.1, -0.05) is 29.8 Å². The van der Waals surface area contributed by atoms with Crippen LogP contribution in [0.15, 0.2) is 54.6 Å². The zero-order chi connectivity index (χ0) is 19.4. The van der Waals surface area contributed by atoms with Crippen molar-refractivity contribution in [1.29, 1.82) is 0 Å². The summed E-state index contributed by atoms with van der Waals surface area (Å²) in [6.45, 7) is 3.39. The third-order valence-corrected chi connectivity index (χ3v) is 4.28. The largest absolute Gasteiger partial charge is 0.339 e. The number of ketones is 1. The standard InChI is InChI=1S/C20H17ClN4O2/c1-12-6-7-16(11-17(12)21)22-19-9-8-18(24-25-19)20(27)23-15-5-3-4-14(10-15)13(2)26/h3-11H,1-2H3,(H,22,25)(H,23,27). The normalized spacial score (nSPS) is 10.3. The predicted octanol–water partition coefficient (Wildman–Crippen LogP) is 4.64.